The highest BCUT2D eigenvalue weighted by molar-refractivity contribution is 5.76. The van der Waals surface area contributed by atoms with Gasteiger partial charge in [-0.05, 0) is 36.5 Å². The minimum Gasteiger partial charge on any atom is -0.374 e. The summed E-state index contributed by atoms with van der Waals surface area (Å²) in [6, 6.07) is 18.3. The fourth-order valence-corrected chi connectivity index (χ4v) is 2.47. The van der Waals surface area contributed by atoms with Crippen LogP contribution < -0.4 is 5.32 Å². The minimum absolute atomic E-state index is 0.0820. The van der Waals surface area contributed by atoms with Crippen LogP contribution in [0, 0.1) is 0 Å². The van der Waals surface area contributed by atoms with Gasteiger partial charge in [0.05, 0.1) is 12.7 Å². The van der Waals surface area contributed by atoms with Crippen molar-refractivity contribution in [3.8, 4) is 0 Å². The molecule has 1 N–H and O–H groups in total. The lowest BCUT2D eigenvalue weighted by Crippen LogP contribution is -2.24. The Kier molecular flexibility index (Phi) is 7.01. The Balaban J connectivity index is 1.77. The number of rotatable bonds is 8. The molecule has 0 saturated carbocycles. The molecule has 24 heavy (non-hydrogen) atoms. The molecule has 0 fully saturated rings. The van der Waals surface area contributed by atoms with E-state index in [0.717, 1.165) is 11.1 Å². The average Bonchev–Trinajstić information content (AvgIpc) is 2.59. The Morgan fingerprint density at radius 1 is 0.958 bits per heavy atom. The van der Waals surface area contributed by atoms with Crippen LogP contribution in [-0.2, 0) is 22.7 Å². The molecule has 0 saturated heterocycles. The number of carbonyl (C=O) groups is 1. The van der Waals surface area contributed by atoms with E-state index in [4.69, 9.17) is 4.74 Å². The highest BCUT2D eigenvalue weighted by Crippen LogP contribution is 2.18. The molecule has 3 heteroatoms. The summed E-state index contributed by atoms with van der Waals surface area (Å²) in [5.74, 6) is 0.306. The van der Waals surface area contributed by atoms with Crippen molar-refractivity contribution in [2.24, 2.45) is 0 Å². The van der Waals surface area contributed by atoms with E-state index in [2.05, 4.69) is 36.5 Å². The van der Waals surface area contributed by atoms with Crippen LogP contribution in [0.4, 0.5) is 0 Å². The Labute approximate surface area is 145 Å². The summed E-state index contributed by atoms with van der Waals surface area (Å²) in [7, 11) is 0. The number of hydrogen-bond acceptors (Lipinski definition) is 2. The van der Waals surface area contributed by atoms with Crippen LogP contribution in [0.5, 0.6) is 0 Å². The van der Waals surface area contributed by atoms with Gasteiger partial charge in [0.1, 0.15) is 0 Å². The van der Waals surface area contributed by atoms with Gasteiger partial charge in [-0.1, -0.05) is 61.5 Å². The van der Waals surface area contributed by atoms with Crippen molar-refractivity contribution in [2.45, 2.75) is 52.4 Å². The molecule has 0 aromatic heterocycles. The van der Waals surface area contributed by atoms with E-state index in [-0.39, 0.29) is 17.9 Å². The summed E-state index contributed by atoms with van der Waals surface area (Å²) in [5, 5.41) is 3.00. The summed E-state index contributed by atoms with van der Waals surface area (Å²) in [6.07, 6.45) is 0.736. The van der Waals surface area contributed by atoms with Gasteiger partial charge in [-0.2, -0.15) is 0 Å². The molecule has 0 aliphatic heterocycles. The number of amides is 1. The van der Waals surface area contributed by atoms with Gasteiger partial charge in [-0.3, -0.25) is 4.79 Å². The van der Waals surface area contributed by atoms with Crippen LogP contribution in [0.2, 0.25) is 0 Å². The lowest BCUT2D eigenvalue weighted by molar-refractivity contribution is -0.121. The van der Waals surface area contributed by atoms with Crippen molar-refractivity contribution in [3.63, 3.8) is 0 Å². The van der Waals surface area contributed by atoms with Gasteiger partial charge in [-0.25, -0.2) is 0 Å². The maximum absolute atomic E-state index is 12.1. The Morgan fingerprint density at radius 2 is 1.58 bits per heavy atom. The lowest BCUT2D eigenvalue weighted by Gasteiger charge is -2.12. The van der Waals surface area contributed by atoms with E-state index >= 15 is 0 Å². The molecule has 0 aliphatic rings. The van der Waals surface area contributed by atoms with Crippen molar-refractivity contribution in [3.05, 3.63) is 71.3 Å². The first-order valence-electron chi connectivity index (χ1n) is 8.55. The van der Waals surface area contributed by atoms with Gasteiger partial charge in [0.25, 0.3) is 0 Å². The maximum Gasteiger partial charge on any atom is 0.220 e. The number of carbonyl (C=O) groups excluding carboxylic acids is 1. The molecule has 2 aromatic rings. The maximum atomic E-state index is 12.1. The van der Waals surface area contributed by atoms with E-state index in [1.165, 1.54) is 5.56 Å². The molecule has 1 unspecified atom stereocenters. The van der Waals surface area contributed by atoms with Crippen LogP contribution in [0.25, 0.3) is 0 Å². The van der Waals surface area contributed by atoms with Crippen LogP contribution in [0.15, 0.2) is 54.6 Å². The highest BCUT2D eigenvalue weighted by Gasteiger charge is 2.10. The van der Waals surface area contributed by atoms with Crippen molar-refractivity contribution in [2.75, 3.05) is 0 Å². The molecule has 0 bridgehead atoms. The second-order valence-electron chi connectivity index (χ2n) is 6.47. The minimum atomic E-state index is 0.0820. The highest BCUT2D eigenvalue weighted by atomic mass is 16.5. The topological polar surface area (TPSA) is 38.3 Å². The monoisotopic (exact) mass is 325 g/mol. The molecular formula is C21H27NO2. The molecule has 128 valence electrons. The fraction of sp³-hybridized carbons (Fsp3) is 0.381. The first-order valence-corrected chi connectivity index (χ1v) is 8.55. The van der Waals surface area contributed by atoms with Gasteiger partial charge in [0.15, 0.2) is 0 Å². The summed E-state index contributed by atoms with van der Waals surface area (Å²) >= 11 is 0. The molecule has 1 amide bonds. The molecule has 0 aliphatic carbocycles. The largest absolute Gasteiger partial charge is 0.374 e. The summed E-state index contributed by atoms with van der Waals surface area (Å²) < 4.78 is 5.58. The molecule has 1 atom stereocenters. The van der Waals surface area contributed by atoms with E-state index in [0.29, 0.717) is 19.6 Å². The summed E-state index contributed by atoms with van der Waals surface area (Å²) in [5.41, 5.74) is 3.45. The summed E-state index contributed by atoms with van der Waals surface area (Å²) in [4.78, 5) is 12.1. The average molecular weight is 325 g/mol. The first kappa shape index (κ1) is 18.2. The number of hydrogen-bond donors (Lipinski definition) is 1. The quantitative estimate of drug-likeness (QED) is 0.780. The number of benzene rings is 2. The smallest absolute Gasteiger partial charge is 0.220 e. The molecule has 3 nitrogen and oxygen atoms in total. The van der Waals surface area contributed by atoms with Crippen molar-refractivity contribution >= 4 is 5.91 Å². The van der Waals surface area contributed by atoms with Gasteiger partial charge in [0, 0.05) is 13.0 Å². The van der Waals surface area contributed by atoms with Crippen LogP contribution >= 0.6 is 0 Å². The molecule has 0 radical (unpaired) electrons. The summed E-state index contributed by atoms with van der Waals surface area (Å²) in [6.45, 7) is 7.32. The lowest BCUT2D eigenvalue weighted by atomic mass is 9.97. The van der Waals surface area contributed by atoms with Crippen molar-refractivity contribution in [1.29, 1.82) is 0 Å². The Bertz CT molecular complexity index is 620. The standard InChI is InChI=1S/C21H27NO2/c1-16(2)24-15-19-11-9-18(10-12-19)14-22-21(23)13-17(3)20-7-5-4-6-8-20/h4-12,16-17H,13-15H2,1-3H3,(H,22,23). The van der Waals surface area contributed by atoms with Crippen LogP contribution in [-0.4, -0.2) is 12.0 Å². The zero-order chi connectivity index (χ0) is 17.4. The molecule has 2 aromatic carbocycles. The zero-order valence-electron chi connectivity index (χ0n) is 14.8. The van der Waals surface area contributed by atoms with Gasteiger partial charge in [0.2, 0.25) is 5.91 Å². The number of ether oxygens (including phenoxy) is 1. The zero-order valence-corrected chi connectivity index (χ0v) is 14.8. The van der Waals surface area contributed by atoms with Gasteiger partial charge in [-0.15, -0.1) is 0 Å². The first-order chi connectivity index (χ1) is 11.5. The fourth-order valence-electron chi connectivity index (χ4n) is 2.47. The van der Waals surface area contributed by atoms with E-state index in [1.807, 2.05) is 44.2 Å². The van der Waals surface area contributed by atoms with Crippen LogP contribution in [0.1, 0.15) is 49.8 Å². The van der Waals surface area contributed by atoms with E-state index < -0.39 is 0 Å². The third kappa shape index (κ3) is 6.17. The number of nitrogens with one attached hydrogen (secondary N) is 1. The van der Waals surface area contributed by atoms with Crippen molar-refractivity contribution in [1.82, 2.24) is 5.32 Å². The van der Waals surface area contributed by atoms with Gasteiger partial charge < -0.3 is 10.1 Å². The van der Waals surface area contributed by atoms with E-state index in [1.54, 1.807) is 0 Å². The molecular weight excluding hydrogens is 298 g/mol. The Morgan fingerprint density at radius 3 is 2.21 bits per heavy atom. The van der Waals surface area contributed by atoms with E-state index in [9.17, 15) is 4.79 Å². The Hall–Kier alpha value is -2.13. The second-order valence-corrected chi connectivity index (χ2v) is 6.47. The van der Waals surface area contributed by atoms with Crippen molar-refractivity contribution < 1.29 is 9.53 Å². The predicted molar refractivity (Wildman–Crippen MR) is 97.7 cm³/mol. The SMILES string of the molecule is CC(C)OCc1ccc(CNC(=O)CC(C)c2ccccc2)cc1. The third-order valence-corrected chi connectivity index (χ3v) is 3.96. The van der Waals surface area contributed by atoms with Gasteiger partial charge >= 0.3 is 0 Å². The molecule has 0 heterocycles. The second kappa shape index (κ2) is 9.24. The predicted octanol–water partition coefficient (Wildman–Crippen LogP) is 4.42. The molecule has 0 spiro atoms. The third-order valence-electron chi connectivity index (χ3n) is 3.96. The molecule has 2 rings (SSSR count). The normalized spacial score (nSPS) is 12.2. The van der Waals surface area contributed by atoms with Crippen LogP contribution in [0.3, 0.4) is 0 Å².